The molecule has 1 heterocycles. The van der Waals surface area contributed by atoms with Gasteiger partial charge in [-0.05, 0) is 25.5 Å². The predicted octanol–water partition coefficient (Wildman–Crippen LogP) is 2.22. The highest BCUT2D eigenvalue weighted by Gasteiger charge is 2.34. The van der Waals surface area contributed by atoms with E-state index < -0.39 is 5.54 Å². The van der Waals surface area contributed by atoms with Crippen molar-refractivity contribution in [3.63, 3.8) is 0 Å². The van der Waals surface area contributed by atoms with E-state index in [1.54, 1.807) is 0 Å². The fourth-order valence-corrected chi connectivity index (χ4v) is 2.16. The third-order valence-corrected chi connectivity index (χ3v) is 3.03. The monoisotopic (exact) mass is 248 g/mol. The van der Waals surface area contributed by atoms with Gasteiger partial charge in [-0.25, -0.2) is 0 Å². The molecule has 0 bridgehead atoms. The Morgan fingerprint density at radius 3 is 2.33 bits per heavy atom. The maximum atomic E-state index is 10.8. The zero-order chi connectivity index (χ0) is 13.2. The smallest absolute Gasteiger partial charge is 0.230 e. The molecule has 6 heteroatoms. The molecule has 0 fully saturated rings. The number of benzene rings is 1. The average molecular weight is 248 g/mol. The van der Waals surface area contributed by atoms with Crippen molar-refractivity contribution in [2.75, 3.05) is 6.54 Å². The van der Waals surface area contributed by atoms with E-state index in [-0.39, 0.29) is 11.5 Å². The van der Waals surface area contributed by atoms with E-state index in [9.17, 15) is 10.1 Å². The summed E-state index contributed by atoms with van der Waals surface area (Å²) in [5, 5.41) is 19.5. The average Bonchev–Trinajstić information content (AvgIpc) is 2.72. The van der Waals surface area contributed by atoms with Crippen LogP contribution in [0.5, 0.6) is 0 Å². The van der Waals surface area contributed by atoms with E-state index in [1.807, 2.05) is 38.1 Å². The van der Waals surface area contributed by atoms with Crippen LogP contribution in [0.2, 0.25) is 0 Å². The molecule has 0 amide bonds. The number of hydrogen-bond acceptors (Lipinski definition) is 4. The van der Waals surface area contributed by atoms with Gasteiger partial charge in [-0.3, -0.25) is 10.1 Å². The maximum Gasteiger partial charge on any atom is 0.230 e. The minimum Gasteiger partial charge on any atom is -0.264 e. The van der Waals surface area contributed by atoms with E-state index in [2.05, 4.69) is 10.2 Å². The van der Waals surface area contributed by atoms with Gasteiger partial charge in [-0.1, -0.05) is 25.5 Å². The summed E-state index contributed by atoms with van der Waals surface area (Å²) in [6.07, 6.45) is 1.52. The quantitative estimate of drug-likeness (QED) is 0.600. The highest BCUT2D eigenvalue weighted by atomic mass is 16.6. The Hall–Kier alpha value is -1.98. The highest BCUT2D eigenvalue weighted by Crippen LogP contribution is 2.22. The lowest BCUT2D eigenvalue weighted by Gasteiger charge is -2.23. The first-order chi connectivity index (χ1) is 8.55. The van der Waals surface area contributed by atoms with Crippen LogP contribution in [0, 0.1) is 10.1 Å². The normalized spacial score (nSPS) is 14.6. The molecule has 96 valence electrons. The van der Waals surface area contributed by atoms with Crippen LogP contribution >= 0.6 is 0 Å². The lowest BCUT2D eigenvalue weighted by Crippen LogP contribution is -2.39. The van der Waals surface area contributed by atoms with Crippen LogP contribution in [0.15, 0.2) is 24.3 Å². The number of aromatic nitrogens is 3. The van der Waals surface area contributed by atoms with Gasteiger partial charge in [0.25, 0.3) is 0 Å². The molecule has 0 spiro atoms. The molecule has 0 saturated carbocycles. The summed E-state index contributed by atoms with van der Waals surface area (Å²) < 4.78 is 0. The molecule has 1 aromatic carbocycles. The summed E-state index contributed by atoms with van der Waals surface area (Å²) in [6, 6.07) is 7.48. The second-order valence-electron chi connectivity index (χ2n) is 4.72. The van der Waals surface area contributed by atoms with Gasteiger partial charge in [0.15, 0.2) is 0 Å². The molecule has 6 nitrogen and oxygen atoms in total. The molecule has 0 aliphatic rings. The Morgan fingerprint density at radius 1 is 1.33 bits per heavy atom. The largest absolute Gasteiger partial charge is 0.264 e. The van der Waals surface area contributed by atoms with Crippen LogP contribution in [0.1, 0.15) is 26.7 Å². The first kappa shape index (κ1) is 12.5. The van der Waals surface area contributed by atoms with E-state index in [0.717, 1.165) is 17.5 Å². The molecule has 18 heavy (non-hydrogen) atoms. The summed E-state index contributed by atoms with van der Waals surface area (Å²) in [6.45, 7) is 3.67. The zero-order valence-electron chi connectivity index (χ0n) is 10.5. The first-order valence-electron chi connectivity index (χ1n) is 5.99. The van der Waals surface area contributed by atoms with Crippen molar-refractivity contribution in [2.45, 2.75) is 32.2 Å². The molecular weight excluding hydrogens is 232 g/mol. The van der Waals surface area contributed by atoms with Crippen LogP contribution < -0.4 is 0 Å². The Bertz CT molecular complexity index is 533. The topological polar surface area (TPSA) is 73.8 Å². The van der Waals surface area contributed by atoms with Crippen molar-refractivity contribution in [2.24, 2.45) is 0 Å². The number of nitrogens with zero attached hydrogens (tertiary/aromatic N) is 4. The summed E-state index contributed by atoms with van der Waals surface area (Å²) in [5.74, 6) is 0. The minimum absolute atomic E-state index is 0.165. The molecule has 2 aromatic rings. The van der Waals surface area contributed by atoms with Crippen molar-refractivity contribution in [3.05, 3.63) is 34.4 Å². The molecular formula is C12H16N4O2. The van der Waals surface area contributed by atoms with Gasteiger partial charge in [0.05, 0.1) is 0 Å². The minimum atomic E-state index is -0.669. The van der Waals surface area contributed by atoms with Crippen molar-refractivity contribution < 1.29 is 4.92 Å². The summed E-state index contributed by atoms with van der Waals surface area (Å²) >= 11 is 0. The predicted molar refractivity (Wildman–Crippen MR) is 67.9 cm³/mol. The molecule has 0 radical (unpaired) electrons. The van der Waals surface area contributed by atoms with Gasteiger partial charge in [-0.2, -0.15) is 15.0 Å². The highest BCUT2D eigenvalue weighted by molar-refractivity contribution is 5.73. The van der Waals surface area contributed by atoms with Gasteiger partial charge in [0, 0.05) is 4.92 Å². The maximum absolute atomic E-state index is 10.8. The van der Waals surface area contributed by atoms with Crippen molar-refractivity contribution in [3.8, 4) is 0 Å². The number of nitro groups is 1. The van der Waals surface area contributed by atoms with Gasteiger partial charge in [-0.15, -0.1) is 0 Å². The first-order valence-corrected chi connectivity index (χ1v) is 5.99. The molecule has 0 saturated heterocycles. The fourth-order valence-electron chi connectivity index (χ4n) is 2.16. The van der Waals surface area contributed by atoms with Crippen molar-refractivity contribution >= 4 is 11.0 Å². The van der Waals surface area contributed by atoms with E-state index in [0.29, 0.717) is 6.42 Å². The lowest BCUT2D eigenvalue weighted by molar-refractivity contribution is -0.495. The van der Waals surface area contributed by atoms with E-state index >= 15 is 0 Å². The number of hydrogen-bond donors (Lipinski definition) is 0. The van der Waals surface area contributed by atoms with Crippen LogP contribution in [0.3, 0.4) is 0 Å². The van der Waals surface area contributed by atoms with E-state index in [1.165, 1.54) is 4.80 Å². The van der Waals surface area contributed by atoms with Crippen molar-refractivity contribution in [1.29, 1.82) is 0 Å². The van der Waals surface area contributed by atoms with Gasteiger partial charge < -0.3 is 0 Å². The Balaban J connectivity index is 2.43. The third kappa shape index (κ3) is 2.32. The Morgan fingerprint density at radius 2 is 1.89 bits per heavy atom. The number of rotatable bonds is 5. The summed E-state index contributed by atoms with van der Waals surface area (Å²) in [4.78, 5) is 12.0. The molecule has 0 aliphatic heterocycles. The van der Waals surface area contributed by atoms with E-state index in [4.69, 9.17) is 0 Å². The van der Waals surface area contributed by atoms with Crippen molar-refractivity contribution in [1.82, 2.24) is 15.0 Å². The Kier molecular flexibility index (Phi) is 3.27. The second kappa shape index (κ2) is 4.72. The molecule has 0 N–H and O–H groups in total. The second-order valence-corrected chi connectivity index (χ2v) is 4.72. The lowest BCUT2D eigenvalue weighted by atomic mass is 9.97. The zero-order valence-corrected chi connectivity index (χ0v) is 10.5. The fraction of sp³-hybridized carbons (Fsp3) is 0.500. The molecule has 1 aromatic heterocycles. The molecule has 1 unspecified atom stereocenters. The standard InChI is InChI=1S/C12H16N4O2/c1-3-8-12(2,9-15(17)18)16-13-10-6-4-5-7-11(10)14-16/h4-7H,3,8-9H2,1-2H3. The third-order valence-electron chi connectivity index (χ3n) is 3.03. The molecule has 2 rings (SSSR count). The van der Waals surface area contributed by atoms with Gasteiger partial charge in [0.1, 0.15) is 16.6 Å². The van der Waals surface area contributed by atoms with Crippen LogP contribution in [-0.2, 0) is 5.54 Å². The van der Waals surface area contributed by atoms with Gasteiger partial charge in [0.2, 0.25) is 6.54 Å². The number of fused-ring (bicyclic) bond motifs is 1. The Labute approximate surface area is 105 Å². The SMILES string of the molecule is CCCC(C)(C[N+](=O)[O-])n1nc2ccccc2n1. The summed E-state index contributed by atoms with van der Waals surface area (Å²) in [5.41, 5.74) is 0.864. The molecule has 0 aliphatic carbocycles. The molecule has 1 atom stereocenters. The van der Waals surface area contributed by atoms with Crippen LogP contribution in [-0.4, -0.2) is 26.5 Å². The van der Waals surface area contributed by atoms with Crippen LogP contribution in [0.25, 0.3) is 11.0 Å². The summed E-state index contributed by atoms with van der Waals surface area (Å²) in [7, 11) is 0. The van der Waals surface area contributed by atoms with Crippen LogP contribution in [0.4, 0.5) is 0 Å². The van der Waals surface area contributed by atoms with Gasteiger partial charge >= 0.3 is 0 Å².